The van der Waals surface area contributed by atoms with Crippen LogP contribution in [0.2, 0.25) is 0 Å². The Bertz CT molecular complexity index is 523. The van der Waals surface area contributed by atoms with Crippen LogP contribution in [-0.4, -0.2) is 20.7 Å². The van der Waals surface area contributed by atoms with Crippen LogP contribution in [0, 0.1) is 0 Å². The normalized spacial score (nSPS) is 10.2. The predicted molar refractivity (Wildman–Crippen MR) is 80.8 cm³/mol. The van der Waals surface area contributed by atoms with E-state index in [0.29, 0.717) is 0 Å². The van der Waals surface area contributed by atoms with Gasteiger partial charge in [0.05, 0.1) is 7.11 Å². The smallest absolute Gasteiger partial charge is 0.120 e. The highest BCUT2D eigenvalue weighted by molar-refractivity contribution is 5.50. The first-order chi connectivity index (χ1) is 9.19. The van der Waals surface area contributed by atoms with Crippen molar-refractivity contribution in [3.8, 4) is 5.75 Å². The third kappa shape index (κ3) is 3.65. The molecule has 0 aliphatic heterocycles. The minimum absolute atomic E-state index is 0.810. The van der Waals surface area contributed by atoms with Crippen LogP contribution < -0.4 is 15.4 Å². The molecule has 2 aromatic rings. The third-order valence-corrected chi connectivity index (χ3v) is 3.21. The number of methoxy groups -OCH3 is 1. The van der Waals surface area contributed by atoms with E-state index in [0.717, 1.165) is 30.1 Å². The first kappa shape index (κ1) is 13.3. The summed E-state index contributed by atoms with van der Waals surface area (Å²) < 4.78 is 5.24. The van der Waals surface area contributed by atoms with Crippen LogP contribution in [0.5, 0.6) is 5.75 Å². The number of nitrogen functional groups attached to an aromatic ring is 1. The van der Waals surface area contributed by atoms with Crippen LogP contribution >= 0.6 is 0 Å². The molecule has 0 spiro atoms. The number of nitrogens with zero attached hydrogens (tertiary/aromatic N) is 1. The quantitative estimate of drug-likeness (QED) is 0.836. The molecule has 0 amide bonds. The van der Waals surface area contributed by atoms with Crippen molar-refractivity contribution < 1.29 is 4.74 Å². The van der Waals surface area contributed by atoms with Crippen LogP contribution in [0.15, 0.2) is 48.5 Å². The Hall–Kier alpha value is -2.16. The van der Waals surface area contributed by atoms with Gasteiger partial charge in [0.15, 0.2) is 0 Å². The molecule has 3 nitrogen and oxygen atoms in total. The van der Waals surface area contributed by atoms with Crippen molar-refractivity contribution in [2.75, 3.05) is 31.3 Å². The van der Waals surface area contributed by atoms with Gasteiger partial charge in [-0.1, -0.05) is 18.2 Å². The molecule has 19 heavy (non-hydrogen) atoms. The van der Waals surface area contributed by atoms with Crippen molar-refractivity contribution in [3.63, 3.8) is 0 Å². The molecule has 0 bridgehead atoms. The molecule has 100 valence electrons. The number of benzene rings is 2. The lowest BCUT2D eigenvalue weighted by atomic mass is 10.1. The maximum atomic E-state index is 5.68. The number of rotatable bonds is 5. The van der Waals surface area contributed by atoms with Crippen molar-refractivity contribution in [3.05, 3.63) is 54.1 Å². The van der Waals surface area contributed by atoms with Gasteiger partial charge in [-0.3, -0.25) is 0 Å². The lowest BCUT2D eigenvalue weighted by molar-refractivity contribution is 0.415. The number of hydrogen-bond donors (Lipinski definition) is 1. The van der Waals surface area contributed by atoms with Crippen LogP contribution in [-0.2, 0) is 6.42 Å². The highest BCUT2D eigenvalue weighted by Crippen LogP contribution is 2.20. The van der Waals surface area contributed by atoms with E-state index in [1.165, 1.54) is 5.56 Å². The molecule has 0 unspecified atom stereocenters. The van der Waals surface area contributed by atoms with Gasteiger partial charge in [0, 0.05) is 31.0 Å². The third-order valence-electron chi connectivity index (χ3n) is 3.21. The molecule has 0 atom stereocenters. The summed E-state index contributed by atoms with van der Waals surface area (Å²) in [5.41, 5.74) is 8.95. The molecule has 0 heterocycles. The lowest BCUT2D eigenvalue weighted by Gasteiger charge is -2.20. The molecular weight excluding hydrogens is 236 g/mol. The molecule has 0 fully saturated rings. The molecule has 0 saturated carbocycles. The van der Waals surface area contributed by atoms with Gasteiger partial charge < -0.3 is 15.4 Å². The first-order valence-electron chi connectivity index (χ1n) is 6.38. The predicted octanol–water partition coefficient (Wildman–Crippen LogP) is 2.96. The van der Waals surface area contributed by atoms with Gasteiger partial charge in [0.25, 0.3) is 0 Å². The number of anilines is 2. The van der Waals surface area contributed by atoms with Crippen molar-refractivity contribution in [2.45, 2.75) is 6.42 Å². The molecule has 0 radical (unpaired) electrons. The highest BCUT2D eigenvalue weighted by Gasteiger charge is 2.02. The van der Waals surface area contributed by atoms with Crippen molar-refractivity contribution >= 4 is 11.4 Å². The minimum atomic E-state index is 0.810. The van der Waals surface area contributed by atoms with Crippen LogP contribution in [0.3, 0.4) is 0 Å². The first-order valence-corrected chi connectivity index (χ1v) is 6.38. The summed E-state index contributed by atoms with van der Waals surface area (Å²) in [5.74, 6) is 0.886. The molecule has 0 aliphatic carbocycles. The van der Waals surface area contributed by atoms with Crippen LogP contribution in [0.1, 0.15) is 5.56 Å². The zero-order chi connectivity index (χ0) is 13.7. The van der Waals surface area contributed by atoms with E-state index in [9.17, 15) is 0 Å². The number of ether oxygens (including phenoxy) is 1. The Morgan fingerprint density at radius 1 is 1.11 bits per heavy atom. The number of hydrogen-bond acceptors (Lipinski definition) is 3. The standard InChI is InChI=1S/C16H20N2O/c1-18(15-4-3-5-16(12-15)19-2)11-10-13-6-8-14(17)9-7-13/h3-9,12H,10-11,17H2,1-2H3. The van der Waals surface area contributed by atoms with Gasteiger partial charge in [-0.25, -0.2) is 0 Å². The second-order valence-electron chi connectivity index (χ2n) is 4.61. The van der Waals surface area contributed by atoms with E-state index in [-0.39, 0.29) is 0 Å². The topological polar surface area (TPSA) is 38.5 Å². The van der Waals surface area contributed by atoms with Gasteiger partial charge in [-0.2, -0.15) is 0 Å². The van der Waals surface area contributed by atoms with Gasteiger partial charge in [-0.15, -0.1) is 0 Å². The molecule has 2 N–H and O–H groups in total. The maximum Gasteiger partial charge on any atom is 0.120 e. The van der Waals surface area contributed by atoms with Gasteiger partial charge in [0.1, 0.15) is 5.75 Å². The molecule has 0 saturated heterocycles. The lowest BCUT2D eigenvalue weighted by Crippen LogP contribution is -2.20. The second kappa shape index (κ2) is 6.14. The zero-order valence-electron chi connectivity index (χ0n) is 11.5. The van der Waals surface area contributed by atoms with Crippen molar-refractivity contribution in [1.82, 2.24) is 0 Å². The fourth-order valence-electron chi connectivity index (χ4n) is 1.96. The summed E-state index contributed by atoms with van der Waals surface area (Å²) in [6, 6.07) is 16.1. The summed E-state index contributed by atoms with van der Waals surface area (Å²) in [4.78, 5) is 2.22. The zero-order valence-corrected chi connectivity index (χ0v) is 11.5. The van der Waals surface area contributed by atoms with E-state index in [1.54, 1.807) is 7.11 Å². The second-order valence-corrected chi connectivity index (χ2v) is 4.61. The Morgan fingerprint density at radius 2 is 1.84 bits per heavy atom. The maximum absolute atomic E-state index is 5.68. The fraction of sp³-hybridized carbons (Fsp3) is 0.250. The summed E-state index contributed by atoms with van der Waals surface area (Å²) >= 11 is 0. The monoisotopic (exact) mass is 256 g/mol. The Balaban J connectivity index is 1.96. The van der Waals surface area contributed by atoms with E-state index in [4.69, 9.17) is 10.5 Å². The summed E-state index contributed by atoms with van der Waals surface area (Å²) in [6.07, 6.45) is 0.994. The molecular formula is C16H20N2O. The van der Waals surface area contributed by atoms with Crippen LogP contribution in [0.4, 0.5) is 11.4 Å². The number of likely N-dealkylation sites (N-methyl/N-ethyl adjacent to an activating group) is 1. The highest BCUT2D eigenvalue weighted by atomic mass is 16.5. The molecule has 0 aliphatic rings. The fourth-order valence-corrected chi connectivity index (χ4v) is 1.96. The average molecular weight is 256 g/mol. The largest absolute Gasteiger partial charge is 0.497 e. The van der Waals surface area contributed by atoms with Gasteiger partial charge in [-0.05, 0) is 36.2 Å². The summed E-state index contributed by atoms with van der Waals surface area (Å²) in [6.45, 7) is 0.955. The Kier molecular flexibility index (Phi) is 4.29. The van der Waals surface area contributed by atoms with Crippen molar-refractivity contribution in [1.29, 1.82) is 0 Å². The van der Waals surface area contributed by atoms with Crippen LogP contribution in [0.25, 0.3) is 0 Å². The molecule has 3 heteroatoms. The van der Waals surface area contributed by atoms with E-state index >= 15 is 0 Å². The van der Waals surface area contributed by atoms with Crippen molar-refractivity contribution in [2.24, 2.45) is 0 Å². The van der Waals surface area contributed by atoms with E-state index in [2.05, 4.69) is 30.1 Å². The van der Waals surface area contributed by atoms with E-state index in [1.807, 2.05) is 30.3 Å². The van der Waals surface area contributed by atoms with E-state index < -0.39 is 0 Å². The summed E-state index contributed by atoms with van der Waals surface area (Å²) in [5, 5.41) is 0. The van der Waals surface area contributed by atoms with Gasteiger partial charge >= 0.3 is 0 Å². The molecule has 2 aromatic carbocycles. The minimum Gasteiger partial charge on any atom is -0.497 e. The Morgan fingerprint density at radius 3 is 2.53 bits per heavy atom. The Labute approximate surface area is 114 Å². The summed E-state index contributed by atoms with van der Waals surface area (Å²) in [7, 11) is 3.78. The molecule has 2 rings (SSSR count). The molecule has 0 aromatic heterocycles. The SMILES string of the molecule is COc1cccc(N(C)CCc2ccc(N)cc2)c1. The van der Waals surface area contributed by atoms with Gasteiger partial charge in [0.2, 0.25) is 0 Å². The average Bonchev–Trinajstić information content (AvgIpc) is 2.46. The number of nitrogens with two attached hydrogens (primary N) is 1.